The van der Waals surface area contributed by atoms with Gasteiger partial charge in [-0.05, 0) is 59.2 Å². The number of rotatable bonds is 6. The molecule has 0 aliphatic rings. The molecule has 1 nitrogen and oxygen atoms in total. The second-order valence-electron chi connectivity index (χ2n) is 8.06. The number of hydrogen-bond acceptors (Lipinski definition) is 1. The van der Waals surface area contributed by atoms with Crippen LogP contribution in [0.4, 0.5) is 22.0 Å². The number of ether oxygens (including phenoxy) is 1. The van der Waals surface area contributed by atoms with E-state index in [9.17, 15) is 17.6 Å². The van der Waals surface area contributed by atoms with Crippen molar-refractivity contribution in [1.29, 1.82) is 0 Å². The van der Waals surface area contributed by atoms with E-state index in [2.05, 4.69) is 47.8 Å². The predicted molar refractivity (Wildman–Crippen MR) is 127 cm³/mol. The molecule has 0 spiro atoms. The lowest BCUT2D eigenvalue weighted by Crippen LogP contribution is -2.06. The fourth-order valence-corrected chi connectivity index (χ4v) is 3.79. The minimum Gasteiger partial charge on any atom is -0.429 e. The van der Waals surface area contributed by atoms with E-state index < -0.39 is 29.8 Å². The normalized spacial score (nSPS) is 10.9. The Hall–Kier alpha value is -3.85. The van der Waals surface area contributed by atoms with Gasteiger partial charge in [-0.25, -0.2) is 13.2 Å². The molecule has 0 saturated carbocycles. The number of benzene rings is 4. The number of fused-ring (bicyclic) bond motifs is 1. The molecular weight excluding hydrogens is 459 g/mol. The topological polar surface area (TPSA) is 9.23 Å². The quantitative estimate of drug-likeness (QED) is 0.199. The summed E-state index contributed by atoms with van der Waals surface area (Å²) in [6, 6.07) is 18.4. The van der Waals surface area contributed by atoms with Gasteiger partial charge in [-0.3, -0.25) is 0 Å². The third-order valence-electron chi connectivity index (χ3n) is 5.61. The molecule has 4 aromatic carbocycles. The molecule has 0 amide bonds. The average Bonchev–Trinajstić information content (AvgIpc) is 2.84. The Bertz CT molecular complexity index is 1390. The molecule has 0 bridgehead atoms. The predicted octanol–water partition coefficient (Wildman–Crippen LogP) is 8.27. The lowest BCUT2D eigenvalue weighted by molar-refractivity contribution is -0.0546. The fourth-order valence-electron chi connectivity index (χ4n) is 3.79. The van der Waals surface area contributed by atoms with Gasteiger partial charge in [0.05, 0.1) is 5.56 Å². The Balaban J connectivity index is 1.60. The van der Waals surface area contributed by atoms with Gasteiger partial charge in [0, 0.05) is 10.9 Å². The van der Waals surface area contributed by atoms with Gasteiger partial charge in [0.2, 0.25) is 0 Å². The van der Waals surface area contributed by atoms with Crippen LogP contribution in [0.15, 0.2) is 66.7 Å². The fraction of sp³-hybridized carbons (Fsp3) is 0.172. The van der Waals surface area contributed by atoms with Crippen LogP contribution >= 0.6 is 0 Å². The summed E-state index contributed by atoms with van der Waals surface area (Å²) in [6.45, 7) is -1.21. The van der Waals surface area contributed by atoms with Crippen LogP contribution in [-0.4, -0.2) is 6.61 Å². The van der Waals surface area contributed by atoms with Crippen LogP contribution in [0.1, 0.15) is 36.5 Å². The molecule has 4 aromatic rings. The van der Waals surface area contributed by atoms with Crippen LogP contribution in [0.3, 0.4) is 0 Å². The molecule has 0 radical (unpaired) electrons. The molecule has 0 N–H and O–H groups in total. The monoisotopic (exact) mass is 480 g/mol. The average molecular weight is 480 g/mol. The first-order valence-corrected chi connectivity index (χ1v) is 11.1. The second-order valence-corrected chi connectivity index (χ2v) is 8.06. The molecule has 0 aromatic heterocycles. The summed E-state index contributed by atoms with van der Waals surface area (Å²) in [4.78, 5) is 0. The number of halogens is 5. The highest BCUT2D eigenvalue weighted by Crippen LogP contribution is 2.28. The molecule has 0 atom stereocenters. The van der Waals surface area contributed by atoms with E-state index in [1.807, 2.05) is 12.1 Å². The van der Waals surface area contributed by atoms with Crippen LogP contribution in [0, 0.1) is 29.3 Å². The Morgan fingerprint density at radius 2 is 1.49 bits per heavy atom. The minimum atomic E-state index is -3.37. The first-order chi connectivity index (χ1) is 16.9. The summed E-state index contributed by atoms with van der Waals surface area (Å²) < 4.78 is 71.3. The van der Waals surface area contributed by atoms with E-state index in [0.717, 1.165) is 42.5 Å². The minimum absolute atomic E-state index is 0.0410. The summed E-state index contributed by atoms with van der Waals surface area (Å²) in [5, 5.41) is 1.05. The molecule has 6 heteroatoms. The SMILES string of the molecule is CCCCc1ccc(-c2ccc3c(F)c(C#Cc4cc(F)c(OC(F)F)c(F)c4)ccc3c2)cc1. The van der Waals surface area contributed by atoms with Gasteiger partial charge in [-0.15, -0.1) is 0 Å². The number of unbranched alkanes of at least 4 members (excludes halogenated alkanes) is 1. The van der Waals surface area contributed by atoms with Crippen LogP contribution < -0.4 is 4.74 Å². The Kier molecular flexibility index (Phi) is 7.36. The van der Waals surface area contributed by atoms with Crippen molar-refractivity contribution >= 4 is 10.8 Å². The first kappa shape index (κ1) is 24.3. The van der Waals surface area contributed by atoms with E-state index >= 15 is 4.39 Å². The van der Waals surface area contributed by atoms with Gasteiger partial charge in [0.15, 0.2) is 17.4 Å². The number of aryl methyl sites for hydroxylation is 1. The lowest BCUT2D eigenvalue weighted by Gasteiger charge is -2.08. The van der Waals surface area contributed by atoms with E-state index in [1.54, 1.807) is 12.1 Å². The summed E-state index contributed by atoms with van der Waals surface area (Å²) in [7, 11) is 0. The van der Waals surface area contributed by atoms with E-state index in [-0.39, 0.29) is 11.1 Å². The Morgan fingerprint density at radius 3 is 2.14 bits per heavy atom. The molecule has 4 rings (SSSR count). The van der Waals surface area contributed by atoms with Gasteiger partial charge in [0.1, 0.15) is 5.82 Å². The van der Waals surface area contributed by atoms with Crippen molar-refractivity contribution in [2.45, 2.75) is 32.8 Å². The third kappa shape index (κ3) is 5.63. The first-order valence-electron chi connectivity index (χ1n) is 11.1. The summed E-state index contributed by atoms with van der Waals surface area (Å²) in [5.74, 6) is 0.644. The van der Waals surface area contributed by atoms with Crippen LogP contribution in [0.2, 0.25) is 0 Å². The molecule has 35 heavy (non-hydrogen) atoms. The molecule has 0 aliphatic heterocycles. The van der Waals surface area contributed by atoms with Gasteiger partial charge in [-0.2, -0.15) is 8.78 Å². The molecule has 0 fully saturated rings. The van der Waals surface area contributed by atoms with Crippen molar-refractivity contribution in [3.63, 3.8) is 0 Å². The standard InChI is InChI=1S/C29H21F5O/c1-2-3-4-18-5-8-20(9-6-18)22-13-14-24-23(17-22)12-11-21(27(24)32)10-7-19-15-25(30)28(26(31)16-19)35-29(33)34/h5-6,8-9,11-17,29H,2-4H2,1H3. The molecule has 0 heterocycles. The highest BCUT2D eigenvalue weighted by atomic mass is 19.3. The summed E-state index contributed by atoms with van der Waals surface area (Å²) in [5.41, 5.74) is 3.16. The van der Waals surface area contributed by atoms with E-state index in [4.69, 9.17) is 0 Å². The zero-order valence-electron chi connectivity index (χ0n) is 18.8. The maximum atomic E-state index is 15.1. The second kappa shape index (κ2) is 10.6. The van der Waals surface area contributed by atoms with Crippen molar-refractivity contribution in [2.24, 2.45) is 0 Å². The van der Waals surface area contributed by atoms with E-state index in [0.29, 0.717) is 10.8 Å². The van der Waals surface area contributed by atoms with Crippen molar-refractivity contribution in [1.82, 2.24) is 0 Å². The number of hydrogen-bond donors (Lipinski definition) is 0. The maximum Gasteiger partial charge on any atom is 0.387 e. The molecule has 0 saturated heterocycles. The third-order valence-corrected chi connectivity index (χ3v) is 5.61. The lowest BCUT2D eigenvalue weighted by atomic mass is 9.98. The van der Waals surface area contributed by atoms with Crippen molar-refractivity contribution < 1.29 is 26.7 Å². The van der Waals surface area contributed by atoms with Gasteiger partial charge >= 0.3 is 6.61 Å². The molecule has 178 valence electrons. The van der Waals surface area contributed by atoms with Crippen LogP contribution in [0.5, 0.6) is 5.75 Å². The van der Waals surface area contributed by atoms with Gasteiger partial charge in [-0.1, -0.05) is 67.6 Å². The zero-order valence-corrected chi connectivity index (χ0v) is 18.8. The summed E-state index contributed by atoms with van der Waals surface area (Å²) >= 11 is 0. The highest BCUT2D eigenvalue weighted by molar-refractivity contribution is 5.89. The number of alkyl halides is 2. The van der Waals surface area contributed by atoms with Crippen molar-refractivity contribution in [3.05, 3.63) is 101 Å². The van der Waals surface area contributed by atoms with Gasteiger partial charge in [0.25, 0.3) is 0 Å². The van der Waals surface area contributed by atoms with Crippen molar-refractivity contribution in [3.8, 4) is 28.7 Å². The van der Waals surface area contributed by atoms with Crippen LogP contribution in [0.25, 0.3) is 21.9 Å². The Labute approximate surface area is 200 Å². The van der Waals surface area contributed by atoms with E-state index in [1.165, 1.54) is 11.6 Å². The molecule has 0 aliphatic carbocycles. The largest absolute Gasteiger partial charge is 0.429 e. The summed E-state index contributed by atoms with van der Waals surface area (Å²) in [6.07, 6.45) is 3.32. The Morgan fingerprint density at radius 1 is 0.800 bits per heavy atom. The van der Waals surface area contributed by atoms with Gasteiger partial charge < -0.3 is 4.74 Å². The van der Waals surface area contributed by atoms with Crippen LogP contribution in [-0.2, 0) is 6.42 Å². The smallest absolute Gasteiger partial charge is 0.387 e. The van der Waals surface area contributed by atoms with Crippen molar-refractivity contribution in [2.75, 3.05) is 0 Å². The zero-order chi connectivity index (χ0) is 24.9. The molecular formula is C29H21F5O. The highest BCUT2D eigenvalue weighted by Gasteiger charge is 2.16. The molecule has 0 unspecified atom stereocenters. The maximum absolute atomic E-state index is 15.1.